The molecule has 0 fully saturated rings. The van der Waals surface area contributed by atoms with Crippen molar-refractivity contribution in [1.29, 1.82) is 0 Å². The van der Waals surface area contributed by atoms with Crippen LogP contribution in [0.5, 0.6) is 0 Å². The fraction of sp³-hybridized carbons (Fsp3) is 0.750. The van der Waals surface area contributed by atoms with Gasteiger partial charge in [-0.05, 0) is 34.1 Å². The number of ether oxygens (including phenoxy) is 1. The molecular weight excluding hydrogens is 190 g/mol. The molecule has 0 rings (SSSR count). The second-order valence-corrected chi connectivity index (χ2v) is 4.65. The molecule has 0 aromatic carbocycles. The third kappa shape index (κ3) is 9.32. The second kappa shape index (κ2) is 6.49. The van der Waals surface area contributed by atoms with Crippen LogP contribution in [0.4, 0.5) is 4.79 Å². The molecule has 15 heavy (non-hydrogen) atoms. The lowest BCUT2D eigenvalue weighted by Crippen LogP contribution is -2.36. The standard InChI is InChI=1S/C12H23NO2/c1-6-7-8-9-10(2)13-11(14)15-12(3,4)5/h8-10H,6-7H2,1-5H3,(H,13,14)/t10-/m0/s1. The number of rotatable bonds is 4. The topological polar surface area (TPSA) is 38.3 Å². The maximum absolute atomic E-state index is 11.3. The molecule has 3 nitrogen and oxygen atoms in total. The second-order valence-electron chi connectivity index (χ2n) is 4.65. The third-order valence-corrected chi connectivity index (χ3v) is 1.62. The summed E-state index contributed by atoms with van der Waals surface area (Å²) in [7, 11) is 0. The molecular formula is C12H23NO2. The zero-order valence-electron chi connectivity index (χ0n) is 10.5. The molecule has 0 unspecified atom stereocenters. The Hall–Kier alpha value is -0.990. The molecule has 0 radical (unpaired) electrons. The molecule has 0 aromatic rings. The van der Waals surface area contributed by atoms with E-state index in [9.17, 15) is 4.79 Å². The van der Waals surface area contributed by atoms with E-state index < -0.39 is 5.60 Å². The van der Waals surface area contributed by atoms with E-state index in [1.54, 1.807) is 0 Å². The minimum absolute atomic E-state index is 0.0198. The van der Waals surface area contributed by atoms with Crippen molar-refractivity contribution >= 4 is 6.09 Å². The number of amides is 1. The lowest BCUT2D eigenvalue weighted by Gasteiger charge is -2.20. The van der Waals surface area contributed by atoms with Gasteiger partial charge >= 0.3 is 6.09 Å². The zero-order chi connectivity index (χ0) is 11.9. The number of alkyl carbamates (subject to hydrolysis) is 1. The number of allylic oxidation sites excluding steroid dienone is 1. The van der Waals surface area contributed by atoms with Crippen LogP contribution in [0.1, 0.15) is 47.5 Å². The largest absolute Gasteiger partial charge is 0.444 e. The molecule has 0 bridgehead atoms. The average molecular weight is 213 g/mol. The highest BCUT2D eigenvalue weighted by Crippen LogP contribution is 2.06. The van der Waals surface area contributed by atoms with Crippen LogP contribution in [0, 0.1) is 0 Å². The summed E-state index contributed by atoms with van der Waals surface area (Å²) in [6, 6.07) is 0.0198. The van der Waals surface area contributed by atoms with E-state index in [2.05, 4.69) is 18.3 Å². The summed E-state index contributed by atoms with van der Waals surface area (Å²) in [6.45, 7) is 9.60. The van der Waals surface area contributed by atoms with Gasteiger partial charge in [0.2, 0.25) is 0 Å². The van der Waals surface area contributed by atoms with Crippen LogP contribution in [0.3, 0.4) is 0 Å². The van der Waals surface area contributed by atoms with Crippen molar-refractivity contribution in [3.05, 3.63) is 12.2 Å². The summed E-state index contributed by atoms with van der Waals surface area (Å²) < 4.78 is 5.13. The highest BCUT2D eigenvalue weighted by Gasteiger charge is 2.16. The van der Waals surface area contributed by atoms with Crippen LogP contribution in [0.15, 0.2) is 12.2 Å². The monoisotopic (exact) mass is 213 g/mol. The predicted molar refractivity (Wildman–Crippen MR) is 62.9 cm³/mol. The fourth-order valence-corrected chi connectivity index (χ4v) is 1.01. The van der Waals surface area contributed by atoms with E-state index in [1.807, 2.05) is 33.8 Å². The molecule has 1 amide bonds. The number of hydrogen-bond acceptors (Lipinski definition) is 2. The minimum Gasteiger partial charge on any atom is -0.444 e. The first-order chi connectivity index (χ1) is 6.85. The van der Waals surface area contributed by atoms with E-state index in [4.69, 9.17) is 4.74 Å². The Kier molecular flexibility index (Phi) is 6.06. The van der Waals surface area contributed by atoms with E-state index in [0.29, 0.717) is 0 Å². The van der Waals surface area contributed by atoms with Crippen LogP contribution in [0.25, 0.3) is 0 Å². The van der Waals surface area contributed by atoms with Gasteiger partial charge in [0.15, 0.2) is 0 Å². The Morgan fingerprint density at radius 2 is 2.07 bits per heavy atom. The van der Waals surface area contributed by atoms with Crippen molar-refractivity contribution < 1.29 is 9.53 Å². The summed E-state index contributed by atoms with van der Waals surface area (Å²) in [5.74, 6) is 0. The third-order valence-electron chi connectivity index (χ3n) is 1.62. The van der Waals surface area contributed by atoms with E-state index in [-0.39, 0.29) is 12.1 Å². The van der Waals surface area contributed by atoms with Gasteiger partial charge in [0, 0.05) is 6.04 Å². The van der Waals surface area contributed by atoms with Gasteiger partial charge in [-0.25, -0.2) is 4.79 Å². The molecule has 0 aromatic heterocycles. The quantitative estimate of drug-likeness (QED) is 0.728. The average Bonchev–Trinajstić information content (AvgIpc) is 2.00. The summed E-state index contributed by atoms with van der Waals surface area (Å²) >= 11 is 0. The number of nitrogens with one attached hydrogen (secondary N) is 1. The maximum Gasteiger partial charge on any atom is 0.408 e. The van der Waals surface area contributed by atoms with Crippen molar-refractivity contribution in [2.45, 2.75) is 59.1 Å². The number of hydrogen-bond donors (Lipinski definition) is 1. The van der Waals surface area contributed by atoms with Gasteiger partial charge in [0.1, 0.15) is 5.60 Å². The first-order valence-corrected chi connectivity index (χ1v) is 5.51. The Morgan fingerprint density at radius 1 is 1.47 bits per heavy atom. The lowest BCUT2D eigenvalue weighted by molar-refractivity contribution is 0.0518. The van der Waals surface area contributed by atoms with Gasteiger partial charge in [0.25, 0.3) is 0 Å². The first kappa shape index (κ1) is 14.0. The van der Waals surface area contributed by atoms with Crippen LogP contribution in [-0.2, 0) is 4.74 Å². The van der Waals surface area contributed by atoms with Crippen LogP contribution >= 0.6 is 0 Å². The molecule has 0 saturated heterocycles. The van der Waals surface area contributed by atoms with Crippen LogP contribution < -0.4 is 5.32 Å². The number of carbonyl (C=O) groups excluding carboxylic acids is 1. The molecule has 0 aliphatic carbocycles. The molecule has 0 aliphatic heterocycles. The number of carbonyl (C=O) groups is 1. The van der Waals surface area contributed by atoms with Gasteiger partial charge < -0.3 is 10.1 Å². The van der Waals surface area contributed by atoms with Gasteiger partial charge in [0.05, 0.1) is 0 Å². The molecule has 0 spiro atoms. The van der Waals surface area contributed by atoms with Gasteiger partial charge in [-0.1, -0.05) is 25.5 Å². The molecule has 1 N–H and O–H groups in total. The summed E-state index contributed by atoms with van der Waals surface area (Å²) in [5.41, 5.74) is -0.434. The normalized spacial score (nSPS) is 13.9. The summed E-state index contributed by atoms with van der Waals surface area (Å²) in [6.07, 6.45) is 5.85. The maximum atomic E-state index is 11.3. The van der Waals surface area contributed by atoms with E-state index >= 15 is 0 Å². The highest BCUT2D eigenvalue weighted by atomic mass is 16.6. The van der Waals surface area contributed by atoms with Crippen molar-refractivity contribution in [2.75, 3.05) is 0 Å². The van der Waals surface area contributed by atoms with Crippen LogP contribution in [0.2, 0.25) is 0 Å². The molecule has 0 heterocycles. The Balaban J connectivity index is 3.86. The molecule has 0 saturated carbocycles. The van der Waals surface area contributed by atoms with E-state index in [1.165, 1.54) is 0 Å². The smallest absolute Gasteiger partial charge is 0.408 e. The number of unbranched alkanes of at least 4 members (excludes halogenated alkanes) is 1. The zero-order valence-corrected chi connectivity index (χ0v) is 10.5. The van der Waals surface area contributed by atoms with E-state index in [0.717, 1.165) is 12.8 Å². The summed E-state index contributed by atoms with van der Waals surface area (Å²) in [5, 5.41) is 2.75. The van der Waals surface area contributed by atoms with Gasteiger partial charge in [-0.15, -0.1) is 0 Å². The Labute approximate surface area is 92.9 Å². The van der Waals surface area contributed by atoms with Crippen molar-refractivity contribution in [2.24, 2.45) is 0 Å². The SMILES string of the molecule is CCCC=C[C@H](C)NC(=O)OC(C)(C)C. The van der Waals surface area contributed by atoms with Gasteiger partial charge in [-0.2, -0.15) is 0 Å². The molecule has 0 aliphatic rings. The van der Waals surface area contributed by atoms with Crippen molar-refractivity contribution in [3.8, 4) is 0 Å². The predicted octanol–water partition coefficient (Wildman–Crippen LogP) is 3.26. The van der Waals surface area contributed by atoms with Crippen molar-refractivity contribution in [1.82, 2.24) is 5.32 Å². The van der Waals surface area contributed by atoms with Crippen LogP contribution in [-0.4, -0.2) is 17.7 Å². The minimum atomic E-state index is -0.434. The highest BCUT2D eigenvalue weighted by molar-refractivity contribution is 5.68. The Morgan fingerprint density at radius 3 is 2.53 bits per heavy atom. The van der Waals surface area contributed by atoms with Crippen molar-refractivity contribution in [3.63, 3.8) is 0 Å². The lowest BCUT2D eigenvalue weighted by atomic mass is 10.2. The molecule has 1 atom stereocenters. The first-order valence-electron chi connectivity index (χ1n) is 5.51. The molecule has 3 heteroatoms. The Bertz CT molecular complexity index is 216. The summed E-state index contributed by atoms with van der Waals surface area (Å²) in [4.78, 5) is 11.3. The molecule has 88 valence electrons. The van der Waals surface area contributed by atoms with Gasteiger partial charge in [-0.3, -0.25) is 0 Å². The fourth-order valence-electron chi connectivity index (χ4n) is 1.01.